The Hall–Kier alpha value is -0.590. The maximum Gasteiger partial charge on any atom is 0.136 e. The minimum absolute atomic E-state index is 0.296. The lowest BCUT2D eigenvalue weighted by Gasteiger charge is -2.09. The van der Waals surface area contributed by atoms with Crippen LogP contribution in [-0.4, -0.2) is 5.78 Å². The minimum Gasteiger partial charge on any atom is -0.299 e. The van der Waals surface area contributed by atoms with E-state index >= 15 is 0 Å². The number of rotatable bonds is 0. The van der Waals surface area contributed by atoms with E-state index in [1.54, 1.807) is 0 Å². The molecule has 0 aromatic rings. The highest BCUT2D eigenvalue weighted by Crippen LogP contribution is 2.14. The second-order valence-electron chi connectivity index (χ2n) is 2.95. The SMILES string of the molecule is C[C@@H]1CC/C=C/CCC1=O. The van der Waals surface area contributed by atoms with Crippen molar-refractivity contribution in [3.05, 3.63) is 12.2 Å². The molecular formula is C9H14O. The highest BCUT2D eigenvalue weighted by molar-refractivity contribution is 5.80. The highest BCUT2D eigenvalue weighted by atomic mass is 16.1. The van der Waals surface area contributed by atoms with Crippen LogP contribution in [0.5, 0.6) is 0 Å². The molecule has 1 rings (SSSR count). The summed E-state index contributed by atoms with van der Waals surface area (Å²) < 4.78 is 0. The normalized spacial score (nSPS) is 30.9. The van der Waals surface area contributed by atoms with Crippen LogP contribution in [0, 0.1) is 5.92 Å². The van der Waals surface area contributed by atoms with Crippen molar-refractivity contribution in [2.75, 3.05) is 0 Å². The first-order valence-corrected chi connectivity index (χ1v) is 3.98. The summed E-state index contributed by atoms with van der Waals surface area (Å²) in [4.78, 5) is 11.1. The lowest BCUT2D eigenvalue weighted by atomic mass is 9.95. The predicted octanol–water partition coefficient (Wildman–Crippen LogP) is 2.32. The van der Waals surface area contributed by atoms with Crippen LogP contribution in [0.25, 0.3) is 0 Å². The maximum absolute atomic E-state index is 11.1. The van der Waals surface area contributed by atoms with E-state index in [4.69, 9.17) is 0 Å². The molecule has 0 saturated carbocycles. The van der Waals surface area contributed by atoms with Gasteiger partial charge in [0.2, 0.25) is 0 Å². The molecule has 10 heavy (non-hydrogen) atoms. The molecule has 0 spiro atoms. The molecule has 0 radical (unpaired) electrons. The third-order valence-electron chi connectivity index (χ3n) is 2.04. The Bertz CT molecular complexity index is 147. The van der Waals surface area contributed by atoms with Crippen LogP contribution in [0.4, 0.5) is 0 Å². The topological polar surface area (TPSA) is 17.1 Å². The number of hydrogen-bond acceptors (Lipinski definition) is 1. The fraction of sp³-hybridized carbons (Fsp3) is 0.667. The van der Waals surface area contributed by atoms with Gasteiger partial charge in [0.05, 0.1) is 0 Å². The van der Waals surface area contributed by atoms with Crippen LogP contribution < -0.4 is 0 Å². The van der Waals surface area contributed by atoms with Gasteiger partial charge in [0.15, 0.2) is 0 Å². The molecule has 0 fully saturated rings. The Kier molecular flexibility index (Phi) is 2.67. The number of carbonyl (C=O) groups excluding carboxylic acids is 1. The fourth-order valence-electron chi connectivity index (χ4n) is 1.21. The molecule has 56 valence electrons. The summed E-state index contributed by atoms with van der Waals surface area (Å²) in [5, 5.41) is 0. The van der Waals surface area contributed by atoms with Gasteiger partial charge in [-0.1, -0.05) is 19.1 Å². The predicted molar refractivity (Wildman–Crippen MR) is 41.8 cm³/mol. The summed E-state index contributed by atoms with van der Waals surface area (Å²) in [7, 11) is 0. The van der Waals surface area contributed by atoms with E-state index in [-0.39, 0.29) is 0 Å². The molecule has 0 saturated heterocycles. The van der Waals surface area contributed by atoms with Crippen molar-refractivity contribution in [2.24, 2.45) is 5.92 Å². The first-order chi connectivity index (χ1) is 4.80. The van der Waals surface area contributed by atoms with Crippen LogP contribution in [0.15, 0.2) is 12.2 Å². The molecule has 0 N–H and O–H groups in total. The van der Waals surface area contributed by atoms with Crippen LogP contribution in [-0.2, 0) is 4.79 Å². The molecule has 0 amide bonds. The zero-order valence-corrected chi connectivity index (χ0v) is 6.47. The van der Waals surface area contributed by atoms with Gasteiger partial charge in [-0.25, -0.2) is 0 Å². The van der Waals surface area contributed by atoms with E-state index in [1.165, 1.54) is 0 Å². The largest absolute Gasteiger partial charge is 0.299 e. The number of ketones is 1. The van der Waals surface area contributed by atoms with Crippen LogP contribution >= 0.6 is 0 Å². The molecule has 0 heterocycles. The Morgan fingerprint density at radius 1 is 1.40 bits per heavy atom. The fourth-order valence-corrected chi connectivity index (χ4v) is 1.21. The lowest BCUT2D eigenvalue weighted by Crippen LogP contribution is -2.10. The standard InChI is InChI=1S/C9H14O/c1-8-6-4-2-3-5-7-9(8)10/h2-3,8H,4-7H2,1H3/b3-2+/t8-/m1/s1. The summed E-state index contributed by atoms with van der Waals surface area (Å²) in [6, 6.07) is 0. The van der Waals surface area contributed by atoms with Crippen LogP contribution in [0.1, 0.15) is 32.6 Å². The van der Waals surface area contributed by atoms with Gasteiger partial charge in [-0.2, -0.15) is 0 Å². The van der Waals surface area contributed by atoms with E-state index in [2.05, 4.69) is 12.2 Å². The van der Waals surface area contributed by atoms with Gasteiger partial charge >= 0.3 is 0 Å². The van der Waals surface area contributed by atoms with Gasteiger partial charge < -0.3 is 0 Å². The van der Waals surface area contributed by atoms with E-state index in [1.807, 2.05) is 6.92 Å². The lowest BCUT2D eigenvalue weighted by molar-refractivity contribution is -0.122. The summed E-state index contributed by atoms with van der Waals surface area (Å²) in [5.41, 5.74) is 0. The van der Waals surface area contributed by atoms with Crippen LogP contribution in [0.3, 0.4) is 0 Å². The molecule has 0 aliphatic heterocycles. The van der Waals surface area contributed by atoms with E-state index in [9.17, 15) is 4.79 Å². The van der Waals surface area contributed by atoms with Crippen molar-refractivity contribution in [3.8, 4) is 0 Å². The Balaban J connectivity index is 2.48. The monoisotopic (exact) mass is 138 g/mol. The molecule has 1 nitrogen and oxygen atoms in total. The van der Waals surface area contributed by atoms with Crippen molar-refractivity contribution in [1.29, 1.82) is 0 Å². The number of allylic oxidation sites excluding steroid dienone is 2. The second-order valence-corrected chi connectivity index (χ2v) is 2.95. The molecule has 0 bridgehead atoms. The average molecular weight is 138 g/mol. The summed E-state index contributed by atoms with van der Waals surface area (Å²) in [6.07, 6.45) is 8.11. The number of Topliss-reactive ketones (excluding diaryl/α,β-unsaturated/α-hetero) is 1. The Labute approximate surface area is 62.1 Å². The van der Waals surface area contributed by atoms with Gasteiger partial charge in [0.25, 0.3) is 0 Å². The first-order valence-electron chi connectivity index (χ1n) is 3.98. The Morgan fingerprint density at radius 2 is 2.10 bits per heavy atom. The first kappa shape index (κ1) is 7.52. The zero-order chi connectivity index (χ0) is 7.40. The van der Waals surface area contributed by atoms with Crippen molar-refractivity contribution in [1.82, 2.24) is 0 Å². The molecule has 1 aliphatic carbocycles. The van der Waals surface area contributed by atoms with Crippen molar-refractivity contribution in [3.63, 3.8) is 0 Å². The quantitative estimate of drug-likeness (QED) is 0.469. The molecular weight excluding hydrogens is 124 g/mol. The van der Waals surface area contributed by atoms with Gasteiger partial charge in [-0.3, -0.25) is 4.79 Å². The zero-order valence-electron chi connectivity index (χ0n) is 6.47. The van der Waals surface area contributed by atoms with Gasteiger partial charge in [0, 0.05) is 12.3 Å². The number of carbonyl (C=O) groups is 1. The third kappa shape index (κ3) is 1.98. The molecule has 1 aliphatic rings. The molecule has 1 atom stereocenters. The summed E-state index contributed by atoms with van der Waals surface area (Å²) in [5.74, 6) is 0.731. The van der Waals surface area contributed by atoms with Crippen molar-refractivity contribution < 1.29 is 4.79 Å². The molecule has 0 aromatic heterocycles. The van der Waals surface area contributed by atoms with E-state index in [0.717, 1.165) is 25.7 Å². The maximum atomic E-state index is 11.1. The van der Waals surface area contributed by atoms with E-state index < -0.39 is 0 Å². The van der Waals surface area contributed by atoms with Gasteiger partial charge in [0.1, 0.15) is 5.78 Å². The van der Waals surface area contributed by atoms with Gasteiger partial charge in [-0.15, -0.1) is 0 Å². The van der Waals surface area contributed by atoms with Crippen LogP contribution in [0.2, 0.25) is 0 Å². The summed E-state index contributed by atoms with van der Waals surface area (Å²) in [6.45, 7) is 2.03. The smallest absolute Gasteiger partial charge is 0.136 e. The molecule has 0 aromatic carbocycles. The van der Waals surface area contributed by atoms with Crippen molar-refractivity contribution >= 4 is 5.78 Å². The molecule has 1 heteroatoms. The van der Waals surface area contributed by atoms with E-state index in [0.29, 0.717) is 11.7 Å². The second kappa shape index (κ2) is 3.55. The van der Waals surface area contributed by atoms with Crippen molar-refractivity contribution in [2.45, 2.75) is 32.6 Å². The molecule has 0 unspecified atom stereocenters. The Morgan fingerprint density at radius 3 is 2.90 bits per heavy atom. The highest BCUT2D eigenvalue weighted by Gasteiger charge is 2.11. The summed E-state index contributed by atoms with van der Waals surface area (Å²) >= 11 is 0. The minimum atomic E-state index is 0.296. The van der Waals surface area contributed by atoms with Gasteiger partial charge in [-0.05, 0) is 19.3 Å². The average Bonchev–Trinajstić information content (AvgIpc) is 1.92. The number of hydrogen-bond donors (Lipinski definition) is 0. The third-order valence-corrected chi connectivity index (χ3v) is 2.04.